The monoisotopic (exact) mass is 284 g/mol. The van der Waals surface area contributed by atoms with Crippen molar-refractivity contribution in [3.8, 4) is 0 Å². The van der Waals surface area contributed by atoms with Crippen molar-refractivity contribution < 1.29 is 14.7 Å². The highest BCUT2D eigenvalue weighted by atomic mass is 16.3. The normalized spacial score (nSPS) is 23.2. The highest BCUT2D eigenvalue weighted by molar-refractivity contribution is 5.85. The van der Waals surface area contributed by atoms with E-state index in [4.69, 9.17) is 0 Å². The van der Waals surface area contributed by atoms with Crippen LogP contribution in [0.25, 0.3) is 0 Å². The van der Waals surface area contributed by atoms with Crippen molar-refractivity contribution in [1.29, 1.82) is 0 Å². The van der Waals surface area contributed by atoms with E-state index in [2.05, 4.69) is 10.6 Å². The molecule has 0 saturated heterocycles. The predicted octanol–water partition coefficient (Wildman–Crippen LogP) is 1.21. The van der Waals surface area contributed by atoms with Crippen LogP contribution in [-0.4, -0.2) is 36.1 Å². The van der Waals surface area contributed by atoms with Crippen molar-refractivity contribution in [1.82, 2.24) is 10.6 Å². The first-order valence-electron chi connectivity index (χ1n) is 7.49. The third-order valence-corrected chi connectivity index (χ3v) is 3.63. The van der Waals surface area contributed by atoms with Gasteiger partial charge in [0.25, 0.3) is 0 Å². The van der Waals surface area contributed by atoms with Gasteiger partial charge in [0, 0.05) is 25.0 Å². The molecule has 0 aromatic carbocycles. The summed E-state index contributed by atoms with van der Waals surface area (Å²) in [6.07, 6.45) is 4.46. The van der Waals surface area contributed by atoms with E-state index < -0.39 is 0 Å². The molecule has 5 heteroatoms. The van der Waals surface area contributed by atoms with Crippen LogP contribution in [-0.2, 0) is 9.59 Å². The van der Waals surface area contributed by atoms with Crippen LogP contribution in [0.5, 0.6) is 0 Å². The fraction of sp³-hybridized carbons (Fsp3) is 0.867. The molecule has 3 N–H and O–H groups in total. The summed E-state index contributed by atoms with van der Waals surface area (Å²) in [5.41, 5.74) is -0.0775. The third kappa shape index (κ3) is 6.37. The molecular weight excluding hydrogens is 256 g/mol. The second-order valence-corrected chi connectivity index (χ2v) is 6.92. The summed E-state index contributed by atoms with van der Waals surface area (Å²) >= 11 is 0. The van der Waals surface area contributed by atoms with Crippen molar-refractivity contribution in [3.63, 3.8) is 0 Å². The summed E-state index contributed by atoms with van der Waals surface area (Å²) in [5, 5.41) is 14.9. The van der Waals surface area contributed by atoms with E-state index in [1.54, 1.807) is 0 Å². The maximum absolute atomic E-state index is 11.8. The van der Waals surface area contributed by atoms with Gasteiger partial charge in [-0.05, 0) is 18.3 Å². The van der Waals surface area contributed by atoms with Crippen molar-refractivity contribution in [2.75, 3.05) is 13.2 Å². The standard InChI is InChI=1S/C15H28N2O3/c1-15(2,3)8-13(19)16-9-14(20)17-12-7-5-4-6-11(12)10-18/h11-12,18H,4-10H2,1-3H3,(H,16,19)(H,17,20)/t11-,12-/m0/s1. The molecule has 1 aliphatic rings. The Kier molecular flexibility index (Phi) is 6.46. The Morgan fingerprint density at radius 3 is 2.40 bits per heavy atom. The number of aliphatic hydroxyl groups is 1. The highest BCUT2D eigenvalue weighted by Crippen LogP contribution is 2.23. The number of hydrogen-bond donors (Lipinski definition) is 3. The van der Waals surface area contributed by atoms with Crippen LogP contribution in [0, 0.1) is 11.3 Å². The number of aliphatic hydroxyl groups excluding tert-OH is 1. The lowest BCUT2D eigenvalue weighted by Gasteiger charge is -2.30. The molecule has 0 unspecified atom stereocenters. The van der Waals surface area contributed by atoms with Crippen LogP contribution in [0.2, 0.25) is 0 Å². The minimum absolute atomic E-state index is 0.0174. The van der Waals surface area contributed by atoms with Gasteiger partial charge in [0.1, 0.15) is 0 Å². The molecule has 0 aromatic heterocycles. The first-order valence-corrected chi connectivity index (χ1v) is 7.49. The number of hydrogen-bond acceptors (Lipinski definition) is 3. The summed E-state index contributed by atoms with van der Waals surface area (Å²) in [4.78, 5) is 23.5. The van der Waals surface area contributed by atoms with Gasteiger partial charge >= 0.3 is 0 Å². The Labute approximate surface area is 121 Å². The smallest absolute Gasteiger partial charge is 0.239 e. The van der Waals surface area contributed by atoms with Gasteiger partial charge in [-0.25, -0.2) is 0 Å². The van der Waals surface area contributed by atoms with Crippen LogP contribution in [0.1, 0.15) is 52.9 Å². The summed E-state index contributed by atoms with van der Waals surface area (Å²) in [6.45, 7) is 6.09. The van der Waals surface area contributed by atoms with Gasteiger partial charge in [0.2, 0.25) is 11.8 Å². The molecule has 0 aliphatic heterocycles. The predicted molar refractivity (Wildman–Crippen MR) is 78.1 cm³/mol. The molecule has 0 heterocycles. The maximum atomic E-state index is 11.8. The molecule has 0 aromatic rings. The van der Waals surface area contributed by atoms with Crippen molar-refractivity contribution in [2.45, 2.75) is 58.9 Å². The van der Waals surface area contributed by atoms with Gasteiger partial charge in [0.05, 0.1) is 6.54 Å². The van der Waals surface area contributed by atoms with Crippen LogP contribution in [0.15, 0.2) is 0 Å². The molecule has 1 saturated carbocycles. The fourth-order valence-corrected chi connectivity index (χ4v) is 2.60. The topological polar surface area (TPSA) is 78.4 Å². The highest BCUT2D eigenvalue weighted by Gasteiger charge is 2.25. The minimum Gasteiger partial charge on any atom is -0.396 e. The van der Waals surface area contributed by atoms with Gasteiger partial charge < -0.3 is 15.7 Å². The lowest BCUT2D eigenvalue weighted by Crippen LogP contribution is -2.47. The van der Waals surface area contributed by atoms with Crippen molar-refractivity contribution in [2.24, 2.45) is 11.3 Å². The zero-order chi connectivity index (χ0) is 15.2. The van der Waals surface area contributed by atoms with E-state index in [1.165, 1.54) is 0 Å². The minimum atomic E-state index is -0.169. The third-order valence-electron chi connectivity index (χ3n) is 3.63. The molecule has 5 nitrogen and oxygen atoms in total. The number of rotatable bonds is 5. The Hall–Kier alpha value is -1.10. The van der Waals surface area contributed by atoms with E-state index in [0.29, 0.717) is 6.42 Å². The number of carbonyl (C=O) groups is 2. The van der Waals surface area contributed by atoms with Crippen molar-refractivity contribution in [3.05, 3.63) is 0 Å². The zero-order valence-corrected chi connectivity index (χ0v) is 12.9. The van der Waals surface area contributed by atoms with Gasteiger partial charge in [-0.1, -0.05) is 33.6 Å². The van der Waals surface area contributed by atoms with Crippen molar-refractivity contribution >= 4 is 11.8 Å². The summed E-state index contributed by atoms with van der Waals surface area (Å²) < 4.78 is 0. The maximum Gasteiger partial charge on any atom is 0.239 e. The molecule has 2 amide bonds. The Morgan fingerprint density at radius 1 is 1.15 bits per heavy atom. The number of amides is 2. The van der Waals surface area contributed by atoms with E-state index in [1.807, 2.05) is 20.8 Å². The Bertz CT molecular complexity index is 337. The molecule has 2 atom stereocenters. The second kappa shape index (κ2) is 7.62. The molecule has 1 fully saturated rings. The van der Waals surface area contributed by atoms with Crippen LogP contribution >= 0.6 is 0 Å². The summed E-state index contributed by atoms with van der Waals surface area (Å²) in [5.74, 6) is -0.120. The molecule has 1 rings (SSSR count). The first-order chi connectivity index (χ1) is 9.31. The molecule has 0 spiro atoms. The molecule has 0 radical (unpaired) electrons. The van der Waals surface area contributed by atoms with Gasteiger partial charge in [-0.2, -0.15) is 0 Å². The zero-order valence-electron chi connectivity index (χ0n) is 12.9. The molecule has 1 aliphatic carbocycles. The average molecular weight is 284 g/mol. The molecule has 20 heavy (non-hydrogen) atoms. The largest absolute Gasteiger partial charge is 0.396 e. The molecule has 0 bridgehead atoms. The van der Waals surface area contributed by atoms with E-state index in [0.717, 1.165) is 25.7 Å². The average Bonchev–Trinajstić information content (AvgIpc) is 2.35. The van der Waals surface area contributed by atoms with Crippen LogP contribution < -0.4 is 10.6 Å². The quantitative estimate of drug-likeness (QED) is 0.710. The molecule has 116 valence electrons. The Balaban J connectivity index is 2.30. The second-order valence-electron chi connectivity index (χ2n) is 6.92. The van der Waals surface area contributed by atoms with E-state index in [-0.39, 0.29) is 42.3 Å². The van der Waals surface area contributed by atoms with Gasteiger partial charge in [-0.15, -0.1) is 0 Å². The summed E-state index contributed by atoms with van der Waals surface area (Å²) in [6, 6.07) is 0.0424. The van der Waals surface area contributed by atoms with Gasteiger partial charge in [0.15, 0.2) is 0 Å². The van der Waals surface area contributed by atoms with E-state index in [9.17, 15) is 14.7 Å². The van der Waals surface area contributed by atoms with Crippen LogP contribution in [0.3, 0.4) is 0 Å². The van der Waals surface area contributed by atoms with Gasteiger partial charge in [-0.3, -0.25) is 9.59 Å². The van der Waals surface area contributed by atoms with E-state index >= 15 is 0 Å². The fourth-order valence-electron chi connectivity index (χ4n) is 2.60. The molecular formula is C15H28N2O3. The van der Waals surface area contributed by atoms with Crippen LogP contribution in [0.4, 0.5) is 0 Å². The number of carbonyl (C=O) groups excluding carboxylic acids is 2. The lowest BCUT2D eigenvalue weighted by atomic mass is 9.85. The SMILES string of the molecule is CC(C)(C)CC(=O)NCC(=O)N[C@H]1CCCC[C@H]1CO. The lowest BCUT2D eigenvalue weighted by molar-refractivity contribution is -0.127. The Morgan fingerprint density at radius 2 is 1.80 bits per heavy atom. The number of nitrogens with one attached hydrogen (secondary N) is 2. The first kappa shape index (κ1) is 17.0. The summed E-state index contributed by atoms with van der Waals surface area (Å²) in [7, 11) is 0.